The molecule has 0 radical (unpaired) electrons. The molecule has 3 aliphatic heterocycles. The summed E-state index contributed by atoms with van der Waals surface area (Å²) in [5.41, 5.74) is -0.685. The van der Waals surface area contributed by atoms with Gasteiger partial charge in [-0.2, -0.15) is 0 Å². The van der Waals surface area contributed by atoms with Crippen LogP contribution in [0.2, 0.25) is 0 Å². The summed E-state index contributed by atoms with van der Waals surface area (Å²) in [6.07, 6.45) is 6.17. The molecule has 4 unspecified atom stereocenters. The van der Waals surface area contributed by atoms with E-state index in [2.05, 4.69) is 5.32 Å². The van der Waals surface area contributed by atoms with Crippen LogP contribution in [0.3, 0.4) is 0 Å². The Hall–Kier alpha value is -1.10. The van der Waals surface area contributed by atoms with E-state index in [0.29, 0.717) is 25.0 Å². The summed E-state index contributed by atoms with van der Waals surface area (Å²) in [4.78, 5) is 26.9. The Morgan fingerprint density at radius 3 is 2.65 bits per heavy atom. The summed E-state index contributed by atoms with van der Waals surface area (Å²) in [6.45, 7) is 2.46. The number of nitrogens with zero attached hydrogens (tertiary/aromatic N) is 1. The molecule has 1 aliphatic carbocycles. The Morgan fingerprint density at radius 1 is 1.25 bits per heavy atom. The van der Waals surface area contributed by atoms with Gasteiger partial charge in [-0.05, 0) is 44.9 Å². The minimum Gasteiger partial charge on any atom is -0.373 e. The zero-order valence-corrected chi connectivity index (χ0v) is 11.9. The normalized spacial score (nSPS) is 44.6. The highest BCUT2D eigenvalue weighted by Gasteiger charge is 2.54. The van der Waals surface area contributed by atoms with Gasteiger partial charge in [-0.3, -0.25) is 9.59 Å². The van der Waals surface area contributed by atoms with Gasteiger partial charge in [0.1, 0.15) is 5.54 Å². The van der Waals surface area contributed by atoms with E-state index >= 15 is 0 Å². The van der Waals surface area contributed by atoms with Crippen molar-refractivity contribution < 1.29 is 14.3 Å². The third kappa shape index (κ3) is 1.79. The molecule has 0 aromatic heterocycles. The molecule has 0 aromatic carbocycles. The van der Waals surface area contributed by atoms with Crippen molar-refractivity contribution >= 4 is 11.8 Å². The third-order valence-corrected chi connectivity index (χ3v) is 5.55. The first kappa shape index (κ1) is 12.6. The highest BCUT2D eigenvalue weighted by atomic mass is 16.5. The lowest BCUT2D eigenvalue weighted by Gasteiger charge is -2.37. The van der Waals surface area contributed by atoms with Crippen LogP contribution in [-0.2, 0) is 14.3 Å². The fourth-order valence-electron chi connectivity index (χ4n) is 4.22. The SMILES string of the molecule is CC1(C2CC2)NC(=O)CCN(C2CC3CCC2O3)C1=O. The number of carbonyl (C=O) groups is 2. The smallest absolute Gasteiger partial charge is 0.248 e. The molecule has 4 atom stereocenters. The second kappa shape index (κ2) is 4.20. The number of hydrogen-bond acceptors (Lipinski definition) is 3. The predicted molar refractivity (Wildman–Crippen MR) is 71.9 cm³/mol. The molecule has 1 saturated carbocycles. The molecule has 2 bridgehead atoms. The van der Waals surface area contributed by atoms with E-state index in [-0.39, 0.29) is 24.0 Å². The van der Waals surface area contributed by atoms with Gasteiger partial charge in [0.15, 0.2) is 0 Å². The number of amides is 2. The van der Waals surface area contributed by atoms with Crippen molar-refractivity contribution in [3.8, 4) is 0 Å². The van der Waals surface area contributed by atoms with Gasteiger partial charge >= 0.3 is 0 Å². The largest absolute Gasteiger partial charge is 0.373 e. The first-order chi connectivity index (χ1) is 9.58. The van der Waals surface area contributed by atoms with Crippen LogP contribution in [0.4, 0.5) is 0 Å². The van der Waals surface area contributed by atoms with E-state index in [1.807, 2.05) is 11.8 Å². The van der Waals surface area contributed by atoms with Crippen LogP contribution in [0, 0.1) is 5.92 Å². The van der Waals surface area contributed by atoms with Crippen molar-refractivity contribution in [1.29, 1.82) is 0 Å². The van der Waals surface area contributed by atoms with E-state index in [0.717, 1.165) is 32.1 Å². The van der Waals surface area contributed by atoms with Gasteiger partial charge in [0.2, 0.25) is 11.8 Å². The summed E-state index contributed by atoms with van der Waals surface area (Å²) >= 11 is 0. The molecule has 0 aromatic rings. The van der Waals surface area contributed by atoms with E-state index in [1.54, 1.807) is 0 Å². The quantitative estimate of drug-likeness (QED) is 0.813. The lowest BCUT2D eigenvalue weighted by atomic mass is 9.90. The first-order valence-electron chi connectivity index (χ1n) is 7.85. The fourth-order valence-corrected chi connectivity index (χ4v) is 4.22. The molecule has 5 nitrogen and oxygen atoms in total. The van der Waals surface area contributed by atoms with Crippen molar-refractivity contribution in [1.82, 2.24) is 10.2 Å². The summed E-state index contributed by atoms with van der Waals surface area (Å²) in [7, 11) is 0. The molecule has 0 spiro atoms. The second-order valence-electron chi connectivity index (χ2n) is 6.95. The number of hydrogen-bond donors (Lipinski definition) is 1. The molecule has 5 heteroatoms. The summed E-state index contributed by atoms with van der Waals surface area (Å²) in [5, 5.41) is 2.99. The highest BCUT2D eigenvalue weighted by molar-refractivity contribution is 5.94. The fraction of sp³-hybridized carbons (Fsp3) is 0.867. The van der Waals surface area contributed by atoms with Gasteiger partial charge in [-0.25, -0.2) is 0 Å². The molecular weight excluding hydrogens is 256 g/mol. The predicted octanol–water partition coefficient (Wildman–Crippen LogP) is 0.823. The molecule has 4 aliphatic rings. The van der Waals surface area contributed by atoms with Crippen molar-refractivity contribution in [2.75, 3.05) is 6.54 Å². The second-order valence-corrected chi connectivity index (χ2v) is 6.95. The monoisotopic (exact) mass is 278 g/mol. The maximum atomic E-state index is 13.0. The Balaban J connectivity index is 1.61. The van der Waals surface area contributed by atoms with Crippen molar-refractivity contribution in [2.45, 2.75) is 69.2 Å². The van der Waals surface area contributed by atoms with Gasteiger partial charge in [0.25, 0.3) is 0 Å². The molecule has 2 amide bonds. The lowest BCUT2D eigenvalue weighted by molar-refractivity contribution is -0.142. The van der Waals surface area contributed by atoms with Gasteiger partial charge < -0.3 is 15.0 Å². The zero-order chi connectivity index (χ0) is 13.9. The number of carbonyl (C=O) groups excluding carboxylic acids is 2. The van der Waals surface area contributed by atoms with Crippen LogP contribution >= 0.6 is 0 Å². The molecule has 3 saturated heterocycles. The van der Waals surface area contributed by atoms with Gasteiger partial charge in [0.05, 0.1) is 18.2 Å². The van der Waals surface area contributed by atoms with E-state index in [1.165, 1.54) is 0 Å². The number of ether oxygens (including phenoxy) is 1. The topological polar surface area (TPSA) is 58.6 Å². The molecule has 3 heterocycles. The number of fused-ring (bicyclic) bond motifs is 2. The van der Waals surface area contributed by atoms with Gasteiger partial charge in [-0.15, -0.1) is 0 Å². The van der Waals surface area contributed by atoms with Crippen molar-refractivity contribution in [2.24, 2.45) is 5.92 Å². The molecule has 20 heavy (non-hydrogen) atoms. The molecule has 4 rings (SSSR count). The summed E-state index contributed by atoms with van der Waals surface area (Å²) in [5.74, 6) is 0.449. The van der Waals surface area contributed by atoms with Crippen LogP contribution in [0.15, 0.2) is 0 Å². The average molecular weight is 278 g/mol. The Morgan fingerprint density at radius 2 is 2.05 bits per heavy atom. The summed E-state index contributed by atoms with van der Waals surface area (Å²) in [6, 6.07) is 0.187. The van der Waals surface area contributed by atoms with E-state index in [9.17, 15) is 9.59 Å². The van der Waals surface area contributed by atoms with Crippen molar-refractivity contribution in [3.63, 3.8) is 0 Å². The Labute approximate surface area is 119 Å². The van der Waals surface area contributed by atoms with Crippen LogP contribution in [-0.4, -0.2) is 47.0 Å². The average Bonchev–Trinajstić information content (AvgIpc) is 3.11. The Kier molecular flexibility index (Phi) is 2.65. The van der Waals surface area contributed by atoms with E-state index < -0.39 is 5.54 Å². The van der Waals surface area contributed by atoms with Crippen LogP contribution < -0.4 is 5.32 Å². The number of nitrogens with one attached hydrogen (secondary N) is 1. The molecule has 1 N–H and O–H groups in total. The highest BCUT2D eigenvalue weighted by Crippen LogP contribution is 2.44. The minimum atomic E-state index is -0.685. The zero-order valence-electron chi connectivity index (χ0n) is 11.9. The summed E-state index contributed by atoms with van der Waals surface area (Å²) < 4.78 is 5.90. The maximum Gasteiger partial charge on any atom is 0.248 e. The lowest BCUT2D eigenvalue weighted by Crippen LogP contribution is -2.59. The number of rotatable bonds is 2. The minimum absolute atomic E-state index is 0.0133. The van der Waals surface area contributed by atoms with E-state index in [4.69, 9.17) is 4.74 Å². The molecular formula is C15H22N2O3. The van der Waals surface area contributed by atoms with Crippen LogP contribution in [0.1, 0.15) is 45.4 Å². The maximum absolute atomic E-state index is 13.0. The van der Waals surface area contributed by atoms with Crippen LogP contribution in [0.5, 0.6) is 0 Å². The van der Waals surface area contributed by atoms with Gasteiger partial charge in [-0.1, -0.05) is 0 Å². The Bertz CT molecular complexity index is 462. The van der Waals surface area contributed by atoms with Crippen molar-refractivity contribution in [3.05, 3.63) is 0 Å². The third-order valence-electron chi connectivity index (χ3n) is 5.55. The molecule has 110 valence electrons. The van der Waals surface area contributed by atoms with Gasteiger partial charge in [0, 0.05) is 13.0 Å². The molecule has 4 fully saturated rings. The van der Waals surface area contributed by atoms with Crippen LogP contribution in [0.25, 0.3) is 0 Å². The standard InChI is InChI=1S/C15H22N2O3/c1-15(9-2-3-9)14(19)17(7-6-13(18)16-15)11-8-10-4-5-12(11)20-10/h9-12H,2-8H2,1H3,(H,16,18). The first-order valence-corrected chi connectivity index (χ1v) is 7.85.